The van der Waals surface area contributed by atoms with Gasteiger partial charge in [0.05, 0.1) is 12.6 Å². The van der Waals surface area contributed by atoms with Crippen LogP contribution in [0.15, 0.2) is 68.6 Å². The van der Waals surface area contributed by atoms with E-state index in [0.29, 0.717) is 0 Å². The minimum absolute atomic E-state index is 0.0886. The first-order valence-electron chi connectivity index (χ1n) is 12.2. The lowest BCUT2D eigenvalue weighted by Crippen LogP contribution is -2.33. The van der Waals surface area contributed by atoms with Crippen molar-refractivity contribution in [2.75, 3.05) is 6.61 Å². The molecule has 3 aromatic rings. The molecule has 2 aliphatic rings. The first-order valence-corrected chi connectivity index (χ1v) is 13.0. The first-order chi connectivity index (χ1) is 16.6. The summed E-state index contributed by atoms with van der Waals surface area (Å²) in [6.07, 6.45) is 6.63. The molecule has 0 N–H and O–H groups in total. The first kappa shape index (κ1) is 23.0. The van der Waals surface area contributed by atoms with Gasteiger partial charge in [-0.05, 0) is 67.9 Å². The number of fused-ring (bicyclic) bond motifs is 3. The van der Waals surface area contributed by atoms with E-state index in [1.165, 1.54) is 25.7 Å². The molecule has 1 aromatic heterocycles. The van der Waals surface area contributed by atoms with Gasteiger partial charge in [-0.15, -0.1) is 0 Å². The van der Waals surface area contributed by atoms with Gasteiger partial charge < -0.3 is 13.9 Å². The molecule has 178 valence electrons. The summed E-state index contributed by atoms with van der Waals surface area (Å²) in [5.41, 5.74) is 3.13. The van der Waals surface area contributed by atoms with Crippen LogP contribution in [0.25, 0.3) is 0 Å². The second-order valence-electron chi connectivity index (χ2n) is 9.04. The monoisotopic (exact) mass is 522 g/mol. The van der Waals surface area contributed by atoms with Gasteiger partial charge in [0.25, 0.3) is 0 Å². The largest absolute Gasteiger partial charge is 0.494 e. The van der Waals surface area contributed by atoms with E-state index in [2.05, 4.69) is 46.1 Å². The van der Waals surface area contributed by atoms with E-state index in [9.17, 15) is 0 Å². The van der Waals surface area contributed by atoms with Crippen LogP contribution >= 0.6 is 15.9 Å². The molecule has 0 bridgehead atoms. The van der Waals surface area contributed by atoms with Gasteiger partial charge in [0.15, 0.2) is 0 Å². The number of ether oxygens (including phenoxy) is 2. The Morgan fingerprint density at radius 3 is 2.62 bits per heavy atom. The van der Waals surface area contributed by atoms with Crippen molar-refractivity contribution >= 4 is 21.6 Å². The zero-order chi connectivity index (χ0) is 23.5. The number of hydrogen-bond acceptors (Lipinski definition) is 5. The number of furan rings is 1. The van der Waals surface area contributed by atoms with Crippen LogP contribution in [-0.4, -0.2) is 17.3 Å². The van der Waals surface area contributed by atoms with E-state index in [-0.39, 0.29) is 12.3 Å². The molecule has 0 aliphatic carbocycles. The van der Waals surface area contributed by atoms with Gasteiger partial charge in [-0.2, -0.15) is 5.10 Å². The van der Waals surface area contributed by atoms with Gasteiger partial charge in [-0.3, -0.25) is 0 Å². The van der Waals surface area contributed by atoms with Crippen LogP contribution in [-0.2, 0) is 0 Å². The van der Waals surface area contributed by atoms with Crippen molar-refractivity contribution in [2.24, 2.45) is 5.10 Å². The Kier molecular flexibility index (Phi) is 6.95. The van der Waals surface area contributed by atoms with Crippen LogP contribution < -0.4 is 9.47 Å². The molecule has 0 fully saturated rings. The number of benzene rings is 2. The summed E-state index contributed by atoms with van der Waals surface area (Å²) in [4.78, 5) is 0. The predicted molar refractivity (Wildman–Crippen MR) is 137 cm³/mol. The number of hydrazone groups is 1. The van der Waals surface area contributed by atoms with Crippen molar-refractivity contribution in [1.29, 1.82) is 0 Å². The van der Waals surface area contributed by atoms with Crippen molar-refractivity contribution in [3.05, 3.63) is 81.7 Å². The predicted octanol–water partition coefficient (Wildman–Crippen LogP) is 7.94. The van der Waals surface area contributed by atoms with Crippen LogP contribution in [0, 0.1) is 6.92 Å². The molecule has 5 nitrogen and oxygen atoms in total. The highest BCUT2D eigenvalue weighted by atomic mass is 79.9. The van der Waals surface area contributed by atoms with Gasteiger partial charge >= 0.3 is 0 Å². The molecular weight excluding hydrogens is 492 g/mol. The molecule has 3 heterocycles. The number of hydrogen-bond donors (Lipinski definition) is 0. The molecule has 0 saturated heterocycles. The maximum Gasteiger partial charge on any atom is 0.213 e. The standard InChI is InChI=1S/C28H31BrN2O3/c1-3-4-5-6-7-16-32-22-12-9-20(10-13-22)28-31-25(23-17-21(29)11-15-26(23)34-28)18-24(30-31)27-14-8-19(2)33-27/h8-15,17,25,28H,3-7,16,18H2,1-2H3/t25-,28+/m0/s1. The average molecular weight is 523 g/mol. The maximum absolute atomic E-state index is 6.48. The Bertz CT molecular complexity index is 1150. The summed E-state index contributed by atoms with van der Waals surface area (Å²) >= 11 is 3.61. The van der Waals surface area contributed by atoms with Crippen molar-refractivity contribution in [2.45, 2.75) is 64.6 Å². The molecular formula is C28H31BrN2O3. The lowest BCUT2D eigenvalue weighted by atomic mass is 9.97. The summed E-state index contributed by atoms with van der Waals surface area (Å²) in [6, 6.07) is 18.5. The molecule has 2 aromatic carbocycles. The average Bonchev–Trinajstić information content (AvgIpc) is 3.48. The molecule has 34 heavy (non-hydrogen) atoms. The smallest absolute Gasteiger partial charge is 0.213 e. The van der Waals surface area contributed by atoms with Crippen LogP contribution in [0.3, 0.4) is 0 Å². The Labute approximate surface area is 209 Å². The normalized spacial score (nSPS) is 18.8. The third-order valence-corrected chi connectivity index (χ3v) is 6.95. The van der Waals surface area contributed by atoms with Crippen molar-refractivity contribution < 1.29 is 13.9 Å². The molecule has 0 radical (unpaired) electrons. The van der Waals surface area contributed by atoms with Crippen LogP contribution in [0.1, 0.15) is 80.4 Å². The molecule has 6 heteroatoms. The second kappa shape index (κ2) is 10.3. The van der Waals surface area contributed by atoms with Crippen LogP contribution in [0.5, 0.6) is 11.5 Å². The van der Waals surface area contributed by atoms with Gasteiger partial charge in [0.2, 0.25) is 6.23 Å². The summed E-state index contributed by atoms with van der Waals surface area (Å²) in [7, 11) is 0. The number of aryl methyl sites for hydroxylation is 1. The topological polar surface area (TPSA) is 47.2 Å². The minimum atomic E-state index is -0.310. The molecule has 2 atom stereocenters. The van der Waals surface area contributed by atoms with Crippen molar-refractivity contribution in [3.8, 4) is 11.5 Å². The van der Waals surface area contributed by atoms with E-state index < -0.39 is 0 Å². The fraction of sp³-hybridized carbons (Fsp3) is 0.393. The minimum Gasteiger partial charge on any atom is -0.494 e. The van der Waals surface area contributed by atoms with Gasteiger partial charge in [-0.1, -0.05) is 48.5 Å². The zero-order valence-corrected chi connectivity index (χ0v) is 21.4. The molecule has 0 saturated carbocycles. The number of unbranched alkanes of at least 4 members (excludes halogenated alkanes) is 4. The molecule has 0 amide bonds. The number of rotatable bonds is 9. The lowest BCUT2D eigenvalue weighted by Gasteiger charge is -2.38. The van der Waals surface area contributed by atoms with Gasteiger partial charge in [0, 0.05) is 22.0 Å². The summed E-state index contributed by atoms with van der Waals surface area (Å²) in [6.45, 7) is 4.95. The Hall–Kier alpha value is -2.73. The van der Waals surface area contributed by atoms with Gasteiger partial charge in [-0.25, -0.2) is 5.01 Å². The summed E-state index contributed by atoms with van der Waals surface area (Å²) in [5.74, 6) is 3.51. The number of halogens is 1. The van der Waals surface area contributed by atoms with Crippen LogP contribution in [0.4, 0.5) is 0 Å². The van der Waals surface area contributed by atoms with Crippen molar-refractivity contribution in [3.63, 3.8) is 0 Å². The highest BCUT2D eigenvalue weighted by molar-refractivity contribution is 9.10. The quantitative estimate of drug-likeness (QED) is 0.267. The summed E-state index contributed by atoms with van der Waals surface area (Å²) in [5, 5.41) is 7.05. The summed E-state index contributed by atoms with van der Waals surface area (Å²) < 4.78 is 19.4. The molecule has 0 unspecified atom stereocenters. The molecule has 2 aliphatic heterocycles. The zero-order valence-electron chi connectivity index (χ0n) is 19.8. The van der Waals surface area contributed by atoms with Crippen molar-refractivity contribution in [1.82, 2.24) is 5.01 Å². The highest BCUT2D eigenvalue weighted by Crippen LogP contribution is 2.48. The highest BCUT2D eigenvalue weighted by Gasteiger charge is 2.41. The van der Waals surface area contributed by atoms with E-state index >= 15 is 0 Å². The van der Waals surface area contributed by atoms with E-state index in [0.717, 1.165) is 63.8 Å². The fourth-order valence-corrected chi connectivity index (χ4v) is 5.02. The van der Waals surface area contributed by atoms with E-state index in [1.807, 2.05) is 43.3 Å². The lowest BCUT2D eigenvalue weighted by molar-refractivity contribution is -0.0191. The third-order valence-electron chi connectivity index (χ3n) is 6.46. The van der Waals surface area contributed by atoms with Gasteiger partial charge in [0.1, 0.15) is 28.7 Å². The Morgan fingerprint density at radius 1 is 1.03 bits per heavy atom. The fourth-order valence-electron chi connectivity index (χ4n) is 4.64. The second-order valence-corrected chi connectivity index (χ2v) is 9.96. The number of nitrogens with zero attached hydrogens (tertiary/aromatic N) is 2. The Morgan fingerprint density at radius 2 is 1.85 bits per heavy atom. The Balaban J connectivity index is 1.35. The molecule has 5 rings (SSSR count). The van der Waals surface area contributed by atoms with E-state index in [4.69, 9.17) is 19.0 Å². The third kappa shape index (κ3) is 4.88. The maximum atomic E-state index is 6.48. The van der Waals surface area contributed by atoms with Crippen LogP contribution in [0.2, 0.25) is 0 Å². The molecule has 0 spiro atoms. The van der Waals surface area contributed by atoms with E-state index in [1.54, 1.807) is 0 Å². The SMILES string of the molecule is CCCCCCCOc1ccc([C@H]2Oc3ccc(Br)cc3[C@@H]3CC(c4ccc(C)o4)=NN23)cc1.